The van der Waals surface area contributed by atoms with Gasteiger partial charge in [-0.05, 0) is 102 Å². The number of hydrogen-bond donors (Lipinski definition) is 0. The molecule has 11 aromatic rings. The van der Waals surface area contributed by atoms with Gasteiger partial charge >= 0.3 is 0 Å². The maximum atomic E-state index is 7.10. The van der Waals surface area contributed by atoms with Crippen molar-refractivity contribution in [1.29, 1.82) is 0 Å². The Morgan fingerprint density at radius 2 is 0.946 bits per heavy atom. The van der Waals surface area contributed by atoms with Crippen LogP contribution < -0.4 is 0 Å². The van der Waals surface area contributed by atoms with Crippen molar-refractivity contribution in [2.24, 2.45) is 0 Å². The van der Waals surface area contributed by atoms with Crippen LogP contribution in [-0.4, -0.2) is 4.98 Å². The first-order valence-corrected chi connectivity index (χ1v) is 19.3. The predicted molar refractivity (Wildman–Crippen MR) is 234 cm³/mol. The second-order valence-corrected chi connectivity index (χ2v) is 15.9. The van der Waals surface area contributed by atoms with Crippen LogP contribution in [0.1, 0.15) is 26.7 Å². The summed E-state index contributed by atoms with van der Waals surface area (Å²) >= 11 is 0. The van der Waals surface area contributed by atoms with E-state index in [0.29, 0.717) is 0 Å². The molecular formula is C53H37NO2. The van der Waals surface area contributed by atoms with Gasteiger partial charge in [0.1, 0.15) is 16.7 Å². The Balaban J connectivity index is 1.30. The second-order valence-electron chi connectivity index (χ2n) is 15.9. The van der Waals surface area contributed by atoms with E-state index in [1.54, 1.807) is 0 Å². The molecule has 266 valence electrons. The van der Waals surface area contributed by atoms with E-state index < -0.39 is 0 Å². The van der Waals surface area contributed by atoms with Crippen LogP contribution in [0.5, 0.6) is 0 Å². The summed E-state index contributed by atoms with van der Waals surface area (Å²) in [5.74, 6) is 0.732. The van der Waals surface area contributed by atoms with Crippen molar-refractivity contribution >= 4 is 65.4 Å². The lowest BCUT2D eigenvalue weighted by molar-refractivity contribution is 0.411. The molecule has 0 saturated carbocycles. The van der Waals surface area contributed by atoms with Crippen LogP contribution in [-0.2, 0) is 5.41 Å². The molecule has 0 radical (unpaired) electrons. The fourth-order valence-corrected chi connectivity index (χ4v) is 8.71. The molecule has 0 N–H and O–H groups in total. The van der Waals surface area contributed by atoms with Gasteiger partial charge < -0.3 is 8.83 Å². The molecule has 0 atom stereocenters. The van der Waals surface area contributed by atoms with E-state index in [2.05, 4.69) is 191 Å². The van der Waals surface area contributed by atoms with Gasteiger partial charge in [-0.3, -0.25) is 0 Å². The van der Waals surface area contributed by atoms with Crippen molar-refractivity contribution in [2.45, 2.75) is 26.2 Å². The molecule has 11 rings (SSSR count). The zero-order valence-electron chi connectivity index (χ0n) is 31.4. The molecule has 56 heavy (non-hydrogen) atoms. The fourth-order valence-electron chi connectivity index (χ4n) is 8.71. The van der Waals surface area contributed by atoms with E-state index in [1.807, 2.05) is 0 Å². The predicted octanol–water partition coefficient (Wildman–Crippen LogP) is 15.2. The monoisotopic (exact) mass is 719 g/mol. The minimum absolute atomic E-state index is 0.199. The lowest BCUT2D eigenvalue weighted by Crippen LogP contribution is -2.10. The van der Waals surface area contributed by atoms with Crippen molar-refractivity contribution < 1.29 is 8.83 Å². The molecular weight excluding hydrogens is 683 g/mol. The Bertz CT molecular complexity index is 3270. The molecule has 2 heterocycles. The number of furan rings is 1. The van der Waals surface area contributed by atoms with Crippen LogP contribution in [0.25, 0.3) is 110 Å². The SMILES string of the molecule is CC(C)(C)c1nc2ccc(-c3cc(-c4c5ccccc5c(-c5ccccc5)c5ccccc45)c4c(c3)oc3c5ccccc5c(-c5ccccc5)cc34)cc2o1. The summed E-state index contributed by atoms with van der Waals surface area (Å²) < 4.78 is 13.5. The van der Waals surface area contributed by atoms with Crippen LogP contribution in [0, 0.1) is 0 Å². The molecule has 0 spiro atoms. The average Bonchev–Trinajstić information content (AvgIpc) is 3.85. The maximum absolute atomic E-state index is 7.10. The summed E-state index contributed by atoms with van der Waals surface area (Å²) in [7, 11) is 0. The van der Waals surface area contributed by atoms with Gasteiger partial charge in [-0.15, -0.1) is 0 Å². The van der Waals surface area contributed by atoms with Gasteiger partial charge in [-0.1, -0.05) is 160 Å². The maximum Gasteiger partial charge on any atom is 0.200 e. The summed E-state index contributed by atoms with van der Waals surface area (Å²) in [6, 6.07) is 61.1. The number of benzene rings is 9. The quantitative estimate of drug-likeness (QED) is 0.170. The highest BCUT2D eigenvalue weighted by atomic mass is 16.3. The summed E-state index contributed by atoms with van der Waals surface area (Å²) in [6.07, 6.45) is 0. The molecule has 0 saturated heterocycles. The number of aromatic nitrogens is 1. The number of fused-ring (bicyclic) bond motifs is 8. The molecule has 0 bridgehead atoms. The normalized spacial score (nSPS) is 12.2. The summed E-state index contributed by atoms with van der Waals surface area (Å²) in [6.45, 7) is 6.39. The van der Waals surface area contributed by atoms with Gasteiger partial charge in [0.25, 0.3) is 0 Å². The number of nitrogens with zero attached hydrogens (tertiary/aromatic N) is 1. The third-order valence-corrected chi connectivity index (χ3v) is 11.3. The standard InChI is InChI=1S/C53H37NO2/c1-53(2,3)52-54-45-27-26-34(29-46(45)56-52)35-28-43(49-39-23-13-11-21-37(39)48(33-18-8-5-9-19-33)38-22-12-14-24-40(38)49)50-44-31-42(32-16-6-4-7-17-32)36-20-10-15-25-41(36)51(44)55-47(50)30-35/h4-31H,1-3H3. The smallest absolute Gasteiger partial charge is 0.200 e. The second kappa shape index (κ2) is 12.3. The fraction of sp³-hybridized carbons (Fsp3) is 0.0755. The molecule has 0 aliphatic carbocycles. The van der Waals surface area contributed by atoms with E-state index in [0.717, 1.165) is 61.0 Å². The minimum atomic E-state index is -0.199. The zero-order chi connectivity index (χ0) is 37.5. The first-order valence-electron chi connectivity index (χ1n) is 19.3. The van der Waals surface area contributed by atoms with Crippen molar-refractivity contribution in [1.82, 2.24) is 4.98 Å². The zero-order valence-corrected chi connectivity index (χ0v) is 31.4. The van der Waals surface area contributed by atoms with Gasteiger partial charge in [-0.2, -0.15) is 0 Å². The van der Waals surface area contributed by atoms with Crippen molar-refractivity contribution in [3.8, 4) is 44.5 Å². The van der Waals surface area contributed by atoms with Crippen molar-refractivity contribution in [3.05, 3.63) is 176 Å². The van der Waals surface area contributed by atoms with Gasteiger partial charge in [0.15, 0.2) is 5.58 Å². The van der Waals surface area contributed by atoms with E-state index >= 15 is 0 Å². The highest BCUT2D eigenvalue weighted by molar-refractivity contribution is 6.28. The highest BCUT2D eigenvalue weighted by Gasteiger charge is 2.25. The molecule has 2 aromatic heterocycles. The van der Waals surface area contributed by atoms with Crippen LogP contribution in [0.4, 0.5) is 0 Å². The average molecular weight is 720 g/mol. The molecule has 3 heteroatoms. The number of rotatable bonds is 4. The van der Waals surface area contributed by atoms with E-state index in [-0.39, 0.29) is 5.41 Å². The van der Waals surface area contributed by atoms with Crippen LogP contribution in [0.15, 0.2) is 179 Å². The van der Waals surface area contributed by atoms with Crippen molar-refractivity contribution in [3.63, 3.8) is 0 Å². The third-order valence-electron chi connectivity index (χ3n) is 11.3. The summed E-state index contributed by atoms with van der Waals surface area (Å²) in [5, 5.41) is 9.29. The Labute approximate surface area is 324 Å². The lowest BCUT2D eigenvalue weighted by Gasteiger charge is -2.19. The van der Waals surface area contributed by atoms with E-state index in [4.69, 9.17) is 13.8 Å². The highest BCUT2D eigenvalue weighted by Crippen LogP contribution is 2.50. The molecule has 3 nitrogen and oxygen atoms in total. The van der Waals surface area contributed by atoms with E-state index in [1.165, 1.54) is 54.7 Å². The first kappa shape index (κ1) is 32.5. The van der Waals surface area contributed by atoms with Gasteiger partial charge in [0.2, 0.25) is 5.89 Å². The Kier molecular flexibility index (Phi) is 7.11. The summed E-state index contributed by atoms with van der Waals surface area (Å²) in [5.41, 5.74) is 12.4. The molecule has 0 aliphatic rings. The summed E-state index contributed by atoms with van der Waals surface area (Å²) in [4.78, 5) is 4.84. The Hall–Kier alpha value is -6.97. The molecule has 0 aliphatic heterocycles. The number of hydrogen-bond acceptors (Lipinski definition) is 3. The largest absolute Gasteiger partial charge is 0.455 e. The molecule has 0 unspecified atom stereocenters. The van der Waals surface area contributed by atoms with Gasteiger partial charge in [-0.25, -0.2) is 4.98 Å². The van der Waals surface area contributed by atoms with E-state index in [9.17, 15) is 0 Å². The molecule has 9 aromatic carbocycles. The lowest BCUT2D eigenvalue weighted by atomic mass is 9.84. The Morgan fingerprint density at radius 1 is 0.393 bits per heavy atom. The Morgan fingerprint density at radius 3 is 1.59 bits per heavy atom. The van der Waals surface area contributed by atoms with Gasteiger partial charge in [0, 0.05) is 21.6 Å². The molecule has 0 fully saturated rings. The first-order chi connectivity index (χ1) is 27.4. The topological polar surface area (TPSA) is 39.2 Å². The minimum Gasteiger partial charge on any atom is -0.455 e. The van der Waals surface area contributed by atoms with Crippen molar-refractivity contribution in [2.75, 3.05) is 0 Å². The third kappa shape index (κ3) is 5.01. The number of oxazole rings is 1. The van der Waals surface area contributed by atoms with Crippen LogP contribution in [0.3, 0.4) is 0 Å². The molecule has 0 amide bonds. The van der Waals surface area contributed by atoms with Crippen LogP contribution in [0.2, 0.25) is 0 Å². The van der Waals surface area contributed by atoms with Crippen LogP contribution >= 0.6 is 0 Å². The van der Waals surface area contributed by atoms with Gasteiger partial charge in [0.05, 0.1) is 0 Å².